The van der Waals surface area contributed by atoms with Crippen molar-refractivity contribution in [2.24, 2.45) is 29.6 Å². The number of ether oxygens (including phenoxy) is 1. The van der Waals surface area contributed by atoms with Crippen LogP contribution in [0.5, 0.6) is 0 Å². The molecular formula is C28H50O2. The lowest BCUT2D eigenvalue weighted by Gasteiger charge is -2.40. The Hall–Kier alpha value is -0.530. The number of unbranched alkanes of at least 4 members (excludes halogenated alkanes) is 5. The minimum Gasteiger partial charge on any atom is -0.462 e. The third-order valence-corrected chi connectivity index (χ3v) is 8.92. The fourth-order valence-corrected chi connectivity index (χ4v) is 6.87. The van der Waals surface area contributed by atoms with Crippen LogP contribution in [0, 0.1) is 29.6 Å². The standard InChI is InChI=1S/C28H50O2/c1-3-5-7-9-11-26-20-21-27(28(29)30-26)25-18-16-24(17-19-25)23-14-12-22(13-15-23)10-8-6-4-2/h22-27H,3-21H2,1-2H3/t22-,23-,24?,25?,26?,27?. The van der Waals surface area contributed by atoms with E-state index in [1.54, 1.807) is 0 Å². The normalized spacial score (nSPS) is 35.2. The summed E-state index contributed by atoms with van der Waals surface area (Å²) in [6.45, 7) is 4.56. The molecule has 2 atom stereocenters. The van der Waals surface area contributed by atoms with E-state index in [2.05, 4.69) is 13.8 Å². The molecule has 0 aromatic rings. The third-order valence-electron chi connectivity index (χ3n) is 8.92. The second-order valence-corrected chi connectivity index (χ2v) is 11.0. The van der Waals surface area contributed by atoms with Crippen LogP contribution in [-0.2, 0) is 9.53 Å². The van der Waals surface area contributed by atoms with Gasteiger partial charge in [0.1, 0.15) is 6.10 Å². The van der Waals surface area contributed by atoms with Crippen LogP contribution >= 0.6 is 0 Å². The Labute approximate surface area is 187 Å². The van der Waals surface area contributed by atoms with E-state index in [0.29, 0.717) is 5.92 Å². The van der Waals surface area contributed by atoms with E-state index < -0.39 is 0 Å². The van der Waals surface area contributed by atoms with Gasteiger partial charge in [-0.25, -0.2) is 0 Å². The molecule has 1 heterocycles. The van der Waals surface area contributed by atoms with Crippen molar-refractivity contribution in [3.05, 3.63) is 0 Å². The van der Waals surface area contributed by atoms with Gasteiger partial charge in [0.25, 0.3) is 0 Å². The molecule has 1 saturated heterocycles. The first-order valence-electron chi connectivity index (χ1n) is 13.9. The van der Waals surface area contributed by atoms with E-state index >= 15 is 0 Å². The summed E-state index contributed by atoms with van der Waals surface area (Å²) in [4.78, 5) is 12.7. The van der Waals surface area contributed by atoms with Gasteiger partial charge in [0.15, 0.2) is 0 Å². The number of hydrogen-bond acceptors (Lipinski definition) is 2. The highest BCUT2D eigenvalue weighted by Gasteiger charge is 2.39. The summed E-state index contributed by atoms with van der Waals surface area (Å²) in [5, 5.41) is 0. The maximum atomic E-state index is 12.7. The molecule has 0 radical (unpaired) electrons. The Bertz CT molecular complexity index is 471. The summed E-state index contributed by atoms with van der Waals surface area (Å²) in [7, 11) is 0. The van der Waals surface area contributed by atoms with E-state index in [9.17, 15) is 4.79 Å². The van der Waals surface area contributed by atoms with E-state index in [-0.39, 0.29) is 18.0 Å². The molecule has 3 aliphatic rings. The predicted molar refractivity (Wildman–Crippen MR) is 126 cm³/mol. The van der Waals surface area contributed by atoms with Crippen LogP contribution in [-0.4, -0.2) is 12.1 Å². The van der Waals surface area contributed by atoms with Gasteiger partial charge >= 0.3 is 5.97 Å². The van der Waals surface area contributed by atoms with Gasteiger partial charge in [-0.1, -0.05) is 71.6 Å². The van der Waals surface area contributed by atoms with Crippen LogP contribution in [0.3, 0.4) is 0 Å². The van der Waals surface area contributed by atoms with Crippen LogP contribution in [0.4, 0.5) is 0 Å². The van der Waals surface area contributed by atoms with Crippen LogP contribution < -0.4 is 0 Å². The van der Waals surface area contributed by atoms with Gasteiger partial charge in [-0.15, -0.1) is 0 Å². The predicted octanol–water partition coefficient (Wildman–Crippen LogP) is 8.47. The minimum atomic E-state index is 0.151. The highest BCUT2D eigenvalue weighted by molar-refractivity contribution is 5.73. The molecule has 2 aliphatic carbocycles. The van der Waals surface area contributed by atoms with Gasteiger partial charge in [0.05, 0.1) is 5.92 Å². The molecule has 1 aliphatic heterocycles. The first kappa shape index (κ1) is 24.1. The molecule has 0 amide bonds. The summed E-state index contributed by atoms with van der Waals surface area (Å²) in [5.41, 5.74) is 0. The Balaban J connectivity index is 1.32. The Morgan fingerprint density at radius 1 is 0.633 bits per heavy atom. The van der Waals surface area contributed by atoms with Crippen LogP contribution in [0.25, 0.3) is 0 Å². The zero-order valence-electron chi connectivity index (χ0n) is 20.2. The summed E-state index contributed by atoms with van der Waals surface area (Å²) >= 11 is 0. The van der Waals surface area contributed by atoms with Gasteiger partial charge in [-0.05, 0) is 87.9 Å². The topological polar surface area (TPSA) is 26.3 Å². The van der Waals surface area contributed by atoms with E-state index in [0.717, 1.165) is 37.0 Å². The van der Waals surface area contributed by atoms with Crippen molar-refractivity contribution < 1.29 is 9.53 Å². The van der Waals surface area contributed by atoms with Gasteiger partial charge in [0.2, 0.25) is 0 Å². The molecule has 174 valence electrons. The van der Waals surface area contributed by atoms with Crippen molar-refractivity contribution in [2.45, 2.75) is 142 Å². The van der Waals surface area contributed by atoms with Gasteiger partial charge < -0.3 is 4.74 Å². The fraction of sp³-hybridized carbons (Fsp3) is 0.964. The molecule has 0 bridgehead atoms. The smallest absolute Gasteiger partial charge is 0.309 e. The molecular weight excluding hydrogens is 368 g/mol. The Kier molecular flexibility index (Phi) is 10.5. The largest absolute Gasteiger partial charge is 0.462 e. The maximum Gasteiger partial charge on any atom is 0.309 e. The lowest BCUT2D eigenvalue weighted by molar-refractivity contribution is -0.164. The highest BCUT2D eigenvalue weighted by atomic mass is 16.5. The lowest BCUT2D eigenvalue weighted by Crippen LogP contribution is -2.37. The molecule has 2 nitrogen and oxygen atoms in total. The van der Waals surface area contributed by atoms with Crippen molar-refractivity contribution in [3.8, 4) is 0 Å². The monoisotopic (exact) mass is 418 g/mol. The quantitative estimate of drug-likeness (QED) is 0.248. The van der Waals surface area contributed by atoms with Gasteiger partial charge in [-0.3, -0.25) is 4.79 Å². The number of hydrogen-bond donors (Lipinski definition) is 0. The van der Waals surface area contributed by atoms with Crippen molar-refractivity contribution in [1.82, 2.24) is 0 Å². The average molecular weight is 419 g/mol. The van der Waals surface area contributed by atoms with Crippen LogP contribution in [0.1, 0.15) is 136 Å². The number of carbonyl (C=O) groups excluding carboxylic acids is 1. The molecule has 0 N–H and O–H groups in total. The summed E-state index contributed by atoms with van der Waals surface area (Å²) in [6, 6.07) is 0. The molecule has 0 aromatic carbocycles. The summed E-state index contributed by atoms with van der Waals surface area (Å²) in [6.07, 6.45) is 25.6. The lowest BCUT2D eigenvalue weighted by atomic mass is 9.66. The second kappa shape index (κ2) is 13.1. The molecule has 2 unspecified atom stereocenters. The van der Waals surface area contributed by atoms with E-state index in [4.69, 9.17) is 4.74 Å². The van der Waals surface area contributed by atoms with Crippen molar-refractivity contribution >= 4 is 5.97 Å². The molecule has 2 saturated carbocycles. The van der Waals surface area contributed by atoms with Gasteiger partial charge in [0, 0.05) is 0 Å². The maximum absolute atomic E-state index is 12.7. The van der Waals surface area contributed by atoms with Crippen molar-refractivity contribution in [1.29, 1.82) is 0 Å². The SMILES string of the molecule is CCCCCCC1CCC(C2CCC([C@H]3CC[C@H](CCCCC)CC3)CC2)C(=O)O1. The molecule has 0 spiro atoms. The van der Waals surface area contributed by atoms with Crippen LogP contribution in [0.2, 0.25) is 0 Å². The zero-order valence-corrected chi connectivity index (χ0v) is 20.2. The van der Waals surface area contributed by atoms with Crippen molar-refractivity contribution in [2.75, 3.05) is 0 Å². The first-order chi connectivity index (χ1) is 14.7. The summed E-state index contributed by atoms with van der Waals surface area (Å²) in [5.74, 6) is 3.93. The number of rotatable bonds is 11. The average Bonchev–Trinajstić information content (AvgIpc) is 2.78. The van der Waals surface area contributed by atoms with Gasteiger partial charge in [-0.2, -0.15) is 0 Å². The van der Waals surface area contributed by atoms with Crippen LogP contribution in [0.15, 0.2) is 0 Å². The minimum absolute atomic E-state index is 0.151. The Morgan fingerprint density at radius 3 is 1.83 bits per heavy atom. The molecule has 3 rings (SSSR count). The highest BCUT2D eigenvalue weighted by Crippen LogP contribution is 2.45. The van der Waals surface area contributed by atoms with E-state index in [1.165, 1.54) is 103 Å². The van der Waals surface area contributed by atoms with Crippen molar-refractivity contribution in [3.63, 3.8) is 0 Å². The molecule has 30 heavy (non-hydrogen) atoms. The second-order valence-electron chi connectivity index (χ2n) is 11.0. The molecule has 2 heteroatoms. The molecule has 0 aromatic heterocycles. The number of carbonyl (C=O) groups is 1. The Morgan fingerprint density at radius 2 is 1.20 bits per heavy atom. The third kappa shape index (κ3) is 7.27. The number of esters is 1. The number of cyclic esters (lactones) is 1. The first-order valence-corrected chi connectivity index (χ1v) is 13.9. The molecule has 3 fully saturated rings. The summed E-state index contributed by atoms with van der Waals surface area (Å²) < 4.78 is 5.89. The fourth-order valence-electron chi connectivity index (χ4n) is 6.87. The van der Waals surface area contributed by atoms with E-state index in [1.807, 2.05) is 0 Å². The zero-order chi connectivity index (χ0) is 21.2.